The van der Waals surface area contributed by atoms with E-state index in [-0.39, 0.29) is 10.9 Å². The number of anilines is 1. The predicted octanol–water partition coefficient (Wildman–Crippen LogP) is 2.40. The highest BCUT2D eigenvalue weighted by atomic mass is 32.2. The van der Waals surface area contributed by atoms with Crippen LogP contribution in [0, 0.1) is 6.92 Å². The summed E-state index contributed by atoms with van der Waals surface area (Å²) in [6, 6.07) is 5.94. The largest absolute Gasteiger partial charge is 0.330 e. The van der Waals surface area contributed by atoms with Crippen LogP contribution in [0.4, 0.5) is 10.5 Å². The second-order valence-corrected chi connectivity index (χ2v) is 7.70. The zero-order chi connectivity index (χ0) is 17.9. The summed E-state index contributed by atoms with van der Waals surface area (Å²) in [7, 11) is -1.51. The number of carbonyl (C=O) groups excluding carboxylic acids is 1. The van der Waals surface area contributed by atoms with Crippen molar-refractivity contribution in [3.63, 3.8) is 0 Å². The molecular formula is C16H22N4O3S. The molecule has 0 aliphatic heterocycles. The third-order valence-corrected chi connectivity index (χ3v) is 4.93. The van der Waals surface area contributed by atoms with Crippen molar-refractivity contribution in [1.82, 2.24) is 15.1 Å². The van der Waals surface area contributed by atoms with Crippen molar-refractivity contribution in [3.05, 3.63) is 41.7 Å². The molecule has 2 N–H and O–H groups in total. The monoisotopic (exact) mass is 350 g/mol. The molecule has 24 heavy (non-hydrogen) atoms. The Morgan fingerprint density at radius 3 is 2.58 bits per heavy atom. The Balaban J connectivity index is 2.16. The minimum atomic E-state index is -3.33. The van der Waals surface area contributed by atoms with Crippen molar-refractivity contribution in [2.24, 2.45) is 7.05 Å². The first-order chi connectivity index (χ1) is 11.2. The highest BCUT2D eigenvalue weighted by molar-refractivity contribution is 7.90. The van der Waals surface area contributed by atoms with Crippen LogP contribution < -0.4 is 10.6 Å². The summed E-state index contributed by atoms with van der Waals surface area (Å²) in [5.41, 5.74) is 2.15. The molecule has 1 heterocycles. The van der Waals surface area contributed by atoms with E-state index in [2.05, 4.69) is 15.7 Å². The average Bonchev–Trinajstić information content (AvgIpc) is 2.92. The normalized spacial score (nSPS) is 12.7. The van der Waals surface area contributed by atoms with E-state index in [0.29, 0.717) is 12.1 Å². The lowest BCUT2D eigenvalue weighted by Gasteiger charge is -2.18. The Morgan fingerprint density at radius 2 is 2.04 bits per heavy atom. The number of carbonyl (C=O) groups is 1. The van der Waals surface area contributed by atoms with Crippen molar-refractivity contribution < 1.29 is 13.2 Å². The Kier molecular flexibility index (Phi) is 5.28. The van der Waals surface area contributed by atoms with Gasteiger partial charge in [-0.3, -0.25) is 4.68 Å². The Morgan fingerprint density at radius 1 is 1.33 bits per heavy atom. The Labute approximate surface area is 142 Å². The van der Waals surface area contributed by atoms with E-state index in [9.17, 15) is 13.2 Å². The lowest BCUT2D eigenvalue weighted by atomic mass is 10.1. The third kappa shape index (κ3) is 4.14. The van der Waals surface area contributed by atoms with Crippen LogP contribution >= 0.6 is 0 Å². The molecule has 0 aliphatic rings. The Hall–Kier alpha value is -2.35. The van der Waals surface area contributed by atoms with Gasteiger partial charge in [0.05, 0.1) is 16.6 Å². The number of aromatic nitrogens is 2. The number of hydrogen-bond acceptors (Lipinski definition) is 4. The quantitative estimate of drug-likeness (QED) is 0.866. The fraction of sp³-hybridized carbons (Fsp3) is 0.375. The summed E-state index contributed by atoms with van der Waals surface area (Å²) in [5.74, 6) is 0. The van der Waals surface area contributed by atoms with Crippen LogP contribution in [0.2, 0.25) is 0 Å². The first kappa shape index (κ1) is 18.0. The molecule has 2 aromatic rings. The SMILES string of the molecule is CC[C@@H](NC(=O)Nc1cc(S(C)(=O)=O)ccc1C)c1ccnn1C. The van der Waals surface area contributed by atoms with E-state index in [1.165, 1.54) is 12.1 Å². The molecular weight excluding hydrogens is 328 g/mol. The van der Waals surface area contributed by atoms with Crippen LogP contribution in [0.3, 0.4) is 0 Å². The van der Waals surface area contributed by atoms with Gasteiger partial charge in [-0.05, 0) is 37.1 Å². The highest BCUT2D eigenvalue weighted by Crippen LogP contribution is 2.21. The first-order valence-electron chi connectivity index (χ1n) is 7.58. The predicted molar refractivity (Wildman–Crippen MR) is 92.7 cm³/mol. The van der Waals surface area contributed by atoms with Crippen molar-refractivity contribution in [1.29, 1.82) is 0 Å². The van der Waals surface area contributed by atoms with E-state index >= 15 is 0 Å². The maximum absolute atomic E-state index is 12.3. The second kappa shape index (κ2) is 7.04. The number of aryl methyl sites for hydroxylation is 2. The fourth-order valence-electron chi connectivity index (χ4n) is 2.39. The Bertz CT molecular complexity index is 843. The lowest BCUT2D eigenvalue weighted by Crippen LogP contribution is -2.33. The molecule has 2 rings (SSSR count). The van der Waals surface area contributed by atoms with Crippen LogP contribution in [0.15, 0.2) is 35.4 Å². The van der Waals surface area contributed by atoms with E-state index in [1.807, 2.05) is 20.0 Å². The zero-order valence-electron chi connectivity index (χ0n) is 14.2. The molecule has 0 aliphatic carbocycles. The van der Waals surface area contributed by atoms with Gasteiger partial charge in [-0.15, -0.1) is 0 Å². The highest BCUT2D eigenvalue weighted by Gasteiger charge is 2.17. The molecule has 0 radical (unpaired) electrons. The molecule has 8 heteroatoms. The summed E-state index contributed by atoms with van der Waals surface area (Å²) in [6.07, 6.45) is 3.52. The van der Waals surface area contributed by atoms with Gasteiger partial charge in [0.2, 0.25) is 0 Å². The summed E-state index contributed by atoms with van der Waals surface area (Å²) < 4.78 is 25.0. The van der Waals surface area contributed by atoms with Crippen LogP contribution in [0.25, 0.3) is 0 Å². The maximum Gasteiger partial charge on any atom is 0.319 e. The van der Waals surface area contributed by atoms with Gasteiger partial charge in [0, 0.05) is 25.2 Å². The number of nitrogens with zero attached hydrogens (tertiary/aromatic N) is 2. The zero-order valence-corrected chi connectivity index (χ0v) is 15.0. The van der Waals surface area contributed by atoms with Crippen LogP contribution in [0.5, 0.6) is 0 Å². The van der Waals surface area contributed by atoms with Crippen molar-refractivity contribution in [2.75, 3.05) is 11.6 Å². The van der Waals surface area contributed by atoms with E-state index in [4.69, 9.17) is 0 Å². The third-order valence-electron chi connectivity index (χ3n) is 3.81. The number of amides is 2. The number of nitrogens with one attached hydrogen (secondary N) is 2. The molecule has 7 nitrogen and oxygen atoms in total. The van der Waals surface area contributed by atoms with E-state index in [0.717, 1.165) is 17.5 Å². The summed E-state index contributed by atoms with van der Waals surface area (Å²) in [6.45, 7) is 3.77. The molecule has 2 amide bonds. The lowest BCUT2D eigenvalue weighted by molar-refractivity contribution is 0.247. The van der Waals surface area contributed by atoms with Crippen LogP contribution in [-0.4, -0.2) is 30.5 Å². The van der Waals surface area contributed by atoms with Crippen LogP contribution in [-0.2, 0) is 16.9 Å². The van der Waals surface area contributed by atoms with Gasteiger partial charge < -0.3 is 10.6 Å². The number of hydrogen-bond donors (Lipinski definition) is 2. The van der Waals surface area contributed by atoms with Crippen molar-refractivity contribution in [3.8, 4) is 0 Å². The molecule has 0 spiro atoms. The molecule has 1 aromatic heterocycles. The van der Waals surface area contributed by atoms with Gasteiger partial charge in [0.1, 0.15) is 0 Å². The van der Waals surface area contributed by atoms with Gasteiger partial charge in [-0.2, -0.15) is 5.10 Å². The van der Waals surface area contributed by atoms with Gasteiger partial charge in [-0.1, -0.05) is 13.0 Å². The second-order valence-electron chi connectivity index (χ2n) is 5.69. The first-order valence-corrected chi connectivity index (χ1v) is 9.47. The van der Waals surface area contributed by atoms with Crippen LogP contribution in [0.1, 0.15) is 30.6 Å². The standard InChI is InChI=1S/C16H22N4O3S/c1-5-13(15-8-9-17-20(15)3)18-16(21)19-14-10-12(24(4,22)23)7-6-11(14)2/h6-10,13H,5H2,1-4H3,(H2,18,19,21)/t13-/m1/s1. The molecule has 130 valence electrons. The van der Waals surface area contributed by atoms with Gasteiger partial charge in [-0.25, -0.2) is 13.2 Å². The molecule has 0 saturated heterocycles. The fourth-order valence-corrected chi connectivity index (χ4v) is 3.04. The summed E-state index contributed by atoms with van der Waals surface area (Å²) in [4.78, 5) is 12.5. The van der Waals surface area contributed by atoms with Gasteiger partial charge in [0.15, 0.2) is 9.84 Å². The summed E-state index contributed by atoms with van der Waals surface area (Å²) in [5, 5.41) is 9.72. The van der Waals surface area contributed by atoms with E-state index < -0.39 is 15.9 Å². The number of sulfone groups is 1. The van der Waals surface area contributed by atoms with Gasteiger partial charge >= 0.3 is 6.03 Å². The van der Waals surface area contributed by atoms with Crippen molar-refractivity contribution in [2.45, 2.75) is 31.2 Å². The average molecular weight is 350 g/mol. The van der Waals surface area contributed by atoms with Crippen molar-refractivity contribution >= 4 is 21.6 Å². The van der Waals surface area contributed by atoms with Gasteiger partial charge in [0.25, 0.3) is 0 Å². The topological polar surface area (TPSA) is 93.1 Å². The minimum Gasteiger partial charge on any atom is -0.330 e. The molecule has 0 bridgehead atoms. The number of benzene rings is 1. The molecule has 0 saturated carbocycles. The maximum atomic E-state index is 12.3. The van der Waals surface area contributed by atoms with E-state index in [1.54, 1.807) is 23.9 Å². The smallest absolute Gasteiger partial charge is 0.319 e. The number of urea groups is 1. The molecule has 1 aromatic carbocycles. The molecule has 0 unspecified atom stereocenters. The number of rotatable bonds is 5. The summed E-state index contributed by atoms with van der Waals surface area (Å²) >= 11 is 0. The molecule has 0 fully saturated rings. The minimum absolute atomic E-state index is 0.169. The molecule has 1 atom stereocenters.